The fraction of sp³-hybridized carbons (Fsp3) is 0.625. The molecule has 0 saturated carbocycles. The first-order valence-corrected chi connectivity index (χ1v) is 8.04. The molecule has 120 valence electrons. The highest BCUT2D eigenvalue weighted by Gasteiger charge is 2.15. The van der Waals surface area contributed by atoms with Crippen LogP contribution in [0, 0.1) is 5.92 Å². The van der Waals surface area contributed by atoms with Crippen molar-refractivity contribution in [2.24, 2.45) is 5.92 Å². The normalized spacial score (nSPS) is 13.1. The van der Waals surface area contributed by atoms with Crippen LogP contribution in [-0.2, 0) is 4.74 Å². The standard InChI is InChI=1S/C16H25Cl2NO2/c1-12(2)11-19(9-10-21-3)8-7-15(20)13-5-4-6-14(17)16(13)18/h4-6,12,15,20H,7-11H2,1-3H3. The topological polar surface area (TPSA) is 32.7 Å². The number of aliphatic hydroxyl groups excluding tert-OH is 1. The first kappa shape index (κ1) is 18.7. The summed E-state index contributed by atoms with van der Waals surface area (Å²) in [7, 11) is 1.70. The van der Waals surface area contributed by atoms with Crippen LogP contribution in [0.2, 0.25) is 10.0 Å². The summed E-state index contributed by atoms with van der Waals surface area (Å²) in [5, 5.41) is 11.3. The fourth-order valence-corrected chi connectivity index (χ4v) is 2.70. The van der Waals surface area contributed by atoms with Gasteiger partial charge in [0.15, 0.2) is 0 Å². The Bertz CT molecular complexity index is 427. The van der Waals surface area contributed by atoms with Gasteiger partial charge in [-0.25, -0.2) is 0 Å². The van der Waals surface area contributed by atoms with Gasteiger partial charge in [0, 0.05) is 32.3 Å². The van der Waals surface area contributed by atoms with Gasteiger partial charge < -0.3 is 14.7 Å². The largest absolute Gasteiger partial charge is 0.388 e. The lowest BCUT2D eigenvalue weighted by atomic mass is 10.1. The zero-order valence-electron chi connectivity index (χ0n) is 13.0. The average Bonchev–Trinajstić information content (AvgIpc) is 2.44. The Kier molecular flexibility index (Phi) is 8.60. The Morgan fingerprint density at radius 1 is 1.24 bits per heavy atom. The van der Waals surface area contributed by atoms with Crippen molar-refractivity contribution in [2.45, 2.75) is 26.4 Å². The number of halogens is 2. The van der Waals surface area contributed by atoms with Crippen molar-refractivity contribution >= 4 is 23.2 Å². The average molecular weight is 334 g/mol. The summed E-state index contributed by atoms with van der Waals surface area (Å²) in [6.45, 7) is 7.71. The molecule has 0 bridgehead atoms. The van der Waals surface area contributed by atoms with Gasteiger partial charge in [0.1, 0.15) is 0 Å². The molecule has 5 heteroatoms. The minimum Gasteiger partial charge on any atom is -0.388 e. The molecule has 1 aromatic carbocycles. The van der Waals surface area contributed by atoms with E-state index in [1.807, 2.05) is 12.1 Å². The number of nitrogens with zero attached hydrogens (tertiary/aromatic N) is 1. The van der Waals surface area contributed by atoms with E-state index in [9.17, 15) is 5.11 Å². The lowest BCUT2D eigenvalue weighted by Gasteiger charge is -2.25. The summed E-state index contributed by atoms with van der Waals surface area (Å²) in [4.78, 5) is 2.30. The second-order valence-electron chi connectivity index (χ2n) is 5.63. The third-order valence-electron chi connectivity index (χ3n) is 3.29. The fourth-order valence-electron chi connectivity index (χ4n) is 2.27. The summed E-state index contributed by atoms with van der Waals surface area (Å²) in [5.41, 5.74) is 0.695. The highest BCUT2D eigenvalue weighted by atomic mass is 35.5. The van der Waals surface area contributed by atoms with E-state index in [1.54, 1.807) is 13.2 Å². The van der Waals surface area contributed by atoms with E-state index in [1.165, 1.54) is 0 Å². The van der Waals surface area contributed by atoms with Gasteiger partial charge in [0.2, 0.25) is 0 Å². The molecule has 1 aromatic rings. The van der Waals surface area contributed by atoms with Crippen LogP contribution in [0.1, 0.15) is 31.9 Å². The van der Waals surface area contributed by atoms with Gasteiger partial charge in [-0.3, -0.25) is 0 Å². The lowest BCUT2D eigenvalue weighted by molar-refractivity contribution is 0.111. The van der Waals surface area contributed by atoms with Crippen molar-refractivity contribution in [1.82, 2.24) is 4.90 Å². The lowest BCUT2D eigenvalue weighted by Crippen LogP contribution is -2.32. The molecule has 0 aromatic heterocycles. The molecule has 0 heterocycles. The maximum atomic E-state index is 10.3. The van der Waals surface area contributed by atoms with Crippen molar-refractivity contribution in [1.29, 1.82) is 0 Å². The van der Waals surface area contributed by atoms with Gasteiger partial charge >= 0.3 is 0 Å². The Labute approximate surface area is 137 Å². The highest BCUT2D eigenvalue weighted by Crippen LogP contribution is 2.31. The smallest absolute Gasteiger partial charge is 0.0817 e. The zero-order valence-corrected chi connectivity index (χ0v) is 14.5. The maximum absolute atomic E-state index is 10.3. The molecule has 0 saturated heterocycles. The van der Waals surface area contributed by atoms with Crippen molar-refractivity contribution in [3.05, 3.63) is 33.8 Å². The van der Waals surface area contributed by atoms with Crippen LogP contribution in [-0.4, -0.2) is 43.4 Å². The first-order chi connectivity index (χ1) is 9.95. The molecular weight excluding hydrogens is 309 g/mol. The quantitative estimate of drug-likeness (QED) is 0.740. The molecule has 0 aliphatic rings. The Balaban J connectivity index is 2.59. The minimum absolute atomic E-state index is 0.443. The van der Waals surface area contributed by atoms with E-state index in [-0.39, 0.29) is 0 Å². The Hall–Kier alpha value is -0.320. The number of rotatable bonds is 9. The van der Waals surface area contributed by atoms with Gasteiger partial charge in [-0.05, 0) is 18.4 Å². The van der Waals surface area contributed by atoms with Crippen molar-refractivity contribution in [3.8, 4) is 0 Å². The van der Waals surface area contributed by atoms with Crippen molar-refractivity contribution < 1.29 is 9.84 Å². The molecule has 21 heavy (non-hydrogen) atoms. The number of benzene rings is 1. The van der Waals surface area contributed by atoms with E-state index in [4.69, 9.17) is 27.9 Å². The molecule has 1 unspecified atom stereocenters. The summed E-state index contributed by atoms with van der Waals surface area (Å²) in [6.07, 6.45) is 0.0182. The Morgan fingerprint density at radius 2 is 1.95 bits per heavy atom. The zero-order chi connectivity index (χ0) is 15.8. The van der Waals surface area contributed by atoms with Gasteiger partial charge in [-0.2, -0.15) is 0 Å². The van der Waals surface area contributed by atoms with Gasteiger partial charge in [0.25, 0.3) is 0 Å². The van der Waals surface area contributed by atoms with Crippen LogP contribution in [0.4, 0.5) is 0 Å². The summed E-state index contributed by atoms with van der Waals surface area (Å²) >= 11 is 12.1. The third-order valence-corrected chi connectivity index (χ3v) is 4.13. The molecule has 1 N–H and O–H groups in total. The van der Waals surface area contributed by atoms with E-state index >= 15 is 0 Å². The first-order valence-electron chi connectivity index (χ1n) is 7.29. The van der Waals surface area contributed by atoms with E-state index in [0.29, 0.717) is 34.6 Å². The molecule has 0 aliphatic carbocycles. The molecule has 0 aliphatic heterocycles. The molecule has 0 spiro atoms. The number of hydrogen-bond acceptors (Lipinski definition) is 3. The van der Waals surface area contributed by atoms with Crippen LogP contribution in [0.15, 0.2) is 18.2 Å². The molecule has 1 rings (SSSR count). The second-order valence-corrected chi connectivity index (χ2v) is 6.42. The van der Waals surface area contributed by atoms with Gasteiger partial charge in [-0.15, -0.1) is 0 Å². The van der Waals surface area contributed by atoms with Crippen LogP contribution < -0.4 is 0 Å². The van der Waals surface area contributed by atoms with Crippen molar-refractivity contribution in [3.63, 3.8) is 0 Å². The van der Waals surface area contributed by atoms with Crippen LogP contribution in [0.3, 0.4) is 0 Å². The maximum Gasteiger partial charge on any atom is 0.0817 e. The predicted octanol–water partition coefficient (Wildman–Crippen LogP) is 4.02. The highest BCUT2D eigenvalue weighted by molar-refractivity contribution is 6.42. The van der Waals surface area contributed by atoms with Gasteiger partial charge in [-0.1, -0.05) is 49.2 Å². The monoisotopic (exact) mass is 333 g/mol. The second kappa shape index (κ2) is 9.65. The molecule has 0 radical (unpaired) electrons. The van der Waals surface area contributed by atoms with Gasteiger partial charge in [0.05, 0.1) is 22.8 Å². The SMILES string of the molecule is COCCN(CCC(O)c1cccc(Cl)c1Cl)CC(C)C. The minimum atomic E-state index is -0.603. The molecule has 1 atom stereocenters. The summed E-state index contributed by atoms with van der Waals surface area (Å²) < 4.78 is 5.14. The number of aliphatic hydroxyl groups is 1. The van der Waals surface area contributed by atoms with E-state index in [2.05, 4.69) is 18.7 Å². The van der Waals surface area contributed by atoms with Crippen molar-refractivity contribution in [2.75, 3.05) is 33.4 Å². The summed E-state index contributed by atoms with van der Waals surface area (Å²) in [6, 6.07) is 5.36. The molecule has 3 nitrogen and oxygen atoms in total. The predicted molar refractivity (Wildman–Crippen MR) is 89.2 cm³/mol. The van der Waals surface area contributed by atoms with Crippen LogP contribution >= 0.6 is 23.2 Å². The molecular formula is C16H25Cl2NO2. The van der Waals surface area contributed by atoms with E-state index in [0.717, 1.165) is 19.6 Å². The van der Waals surface area contributed by atoms with E-state index < -0.39 is 6.10 Å². The van der Waals surface area contributed by atoms with Crippen LogP contribution in [0.5, 0.6) is 0 Å². The molecule has 0 amide bonds. The summed E-state index contributed by atoms with van der Waals surface area (Å²) in [5.74, 6) is 0.578. The van der Waals surface area contributed by atoms with Crippen LogP contribution in [0.25, 0.3) is 0 Å². The third kappa shape index (κ3) is 6.54. The molecule has 0 fully saturated rings. The number of ether oxygens (including phenoxy) is 1. The Morgan fingerprint density at radius 3 is 2.57 bits per heavy atom. The number of methoxy groups -OCH3 is 1. The number of hydrogen-bond donors (Lipinski definition) is 1.